The molecule has 1 saturated heterocycles. The van der Waals surface area contributed by atoms with Crippen molar-refractivity contribution in [2.75, 3.05) is 11.9 Å². The van der Waals surface area contributed by atoms with E-state index >= 15 is 0 Å². The number of anilines is 1. The number of fused-ring (bicyclic) bond motifs is 1. The van der Waals surface area contributed by atoms with E-state index in [1.54, 1.807) is 0 Å². The lowest BCUT2D eigenvalue weighted by molar-refractivity contribution is -0.134. The highest BCUT2D eigenvalue weighted by Gasteiger charge is 2.49. The fourth-order valence-electron chi connectivity index (χ4n) is 3.45. The van der Waals surface area contributed by atoms with Crippen molar-refractivity contribution in [1.82, 2.24) is 14.8 Å². The van der Waals surface area contributed by atoms with Gasteiger partial charge in [0.15, 0.2) is 0 Å². The smallest absolute Gasteiger partial charge is 0.325 e. The van der Waals surface area contributed by atoms with Gasteiger partial charge in [-0.2, -0.15) is 0 Å². The van der Waals surface area contributed by atoms with Crippen molar-refractivity contribution in [2.45, 2.75) is 45.7 Å². The van der Waals surface area contributed by atoms with Gasteiger partial charge in [-0.15, -0.1) is 0 Å². The third kappa shape index (κ3) is 2.94. The first-order chi connectivity index (χ1) is 12.4. The molecule has 1 aromatic heterocycles. The van der Waals surface area contributed by atoms with Crippen LogP contribution in [0.1, 0.15) is 33.6 Å². The summed E-state index contributed by atoms with van der Waals surface area (Å²) in [5.74, 6) is -0.732. The summed E-state index contributed by atoms with van der Waals surface area (Å²) in [7, 11) is 0. The third-order valence-corrected chi connectivity index (χ3v) is 5.15. The van der Waals surface area contributed by atoms with Gasteiger partial charge >= 0.3 is 6.03 Å². The fourth-order valence-corrected chi connectivity index (χ4v) is 3.45. The van der Waals surface area contributed by atoms with Crippen molar-refractivity contribution >= 4 is 34.4 Å². The summed E-state index contributed by atoms with van der Waals surface area (Å²) in [4.78, 5) is 38.0. The summed E-state index contributed by atoms with van der Waals surface area (Å²) < 4.78 is 2.11. The Morgan fingerprint density at radius 1 is 1.15 bits per heavy atom. The molecular weight excluding hydrogens is 332 g/mol. The predicted octanol–water partition coefficient (Wildman–Crippen LogP) is 2.71. The molecule has 0 saturated carbocycles. The summed E-state index contributed by atoms with van der Waals surface area (Å²) in [5, 5.41) is 6.52. The van der Waals surface area contributed by atoms with Crippen LogP contribution in [0.25, 0.3) is 10.9 Å². The minimum Gasteiger partial charge on any atom is -0.348 e. The van der Waals surface area contributed by atoms with Gasteiger partial charge < -0.3 is 15.2 Å². The van der Waals surface area contributed by atoms with E-state index in [9.17, 15) is 14.4 Å². The van der Waals surface area contributed by atoms with Gasteiger partial charge in [0.1, 0.15) is 12.1 Å². The van der Waals surface area contributed by atoms with Crippen LogP contribution in [-0.4, -0.2) is 39.4 Å². The first kappa shape index (κ1) is 18.0. The van der Waals surface area contributed by atoms with Crippen LogP contribution in [0.2, 0.25) is 0 Å². The first-order valence-corrected chi connectivity index (χ1v) is 8.97. The lowest BCUT2D eigenvalue weighted by Crippen LogP contribution is -2.46. The predicted molar refractivity (Wildman–Crippen MR) is 99.8 cm³/mol. The van der Waals surface area contributed by atoms with Crippen LogP contribution in [0.5, 0.6) is 0 Å². The molecule has 4 amide bonds. The van der Waals surface area contributed by atoms with Crippen LogP contribution in [0, 0.1) is 0 Å². The SMILES string of the molecule is CCn1ccc2cc(NC(=O)CN3C(=O)NC(CC)(CC)C3=O)ccc21. The van der Waals surface area contributed by atoms with Crippen molar-refractivity contribution < 1.29 is 14.4 Å². The second kappa shape index (κ2) is 6.82. The molecule has 0 atom stereocenters. The molecule has 3 rings (SSSR count). The van der Waals surface area contributed by atoms with Gasteiger partial charge in [-0.1, -0.05) is 13.8 Å². The average Bonchev–Trinajstić information content (AvgIpc) is 3.15. The van der Waals surface area contributed by atoms with E-state index in [0.29, 0.717) is 18.5 Å². The monoisotopic (exact) mass is 356 g/mol. The Balaban J connectivity index is 1.71. The summed E-state index contributed by atoms with van der Waals surface area (Å²) in [6, 6.07) is 7.13. The molecule has 138 valence electrons. The van der Waals surface area contributed by atoms with Gasteiger partial charge in [0.25, 0.3) is 5.91 Å². The van der Waals surface area contributed by atoms with E-state index in [4.69, 9.17) is 0 Å². The van der Waals surface area contributed by atoms with Gasteiger partial charge in [-0.05, 0) is 44.0 Å². The number of rotatable bonds is 6. The number of carbonyl (C=O) groups is 3. The lowest BCUT2D eigenvalue weighted by atomic mass is 9.93. The zero-order valence-electron chi connectivity index (χ0n) is 15.3. The number of aromatic nitrogens is 1. The maximum atomic E-state index is 12.6. The first-order valence-electron chi connectivity index (χ1n) is 8.97. The maximum Gasteiger partial charge on any atom is 0.325 e. The van der Waals surface area contributed by atoms with Gasteiger partial charge in [0.2, 0.25) is 5.91 Å². The molecule has 0 bridgehead atoms. The van der Waals surface area contributed by atoms with Crippen LogP contribution < -0.4 is 10.6 Å². The number of nitrogens with one attached hydrogen (secondary N) is 2. The molecule has 2 aromatic rings. The lowest BCUT2D eigenvalue weighted by Gasteiger charge is -2.23. The molecule has 2 heterocycles. The van der Waals surface area contributed by atoms with Crippen LogP contribution in [0.4, 0.5) is 10.5 Å². The molecule has 1 fully saturated rings. The Bertz CT molecular complexity index is 867. The van der Waals surface area contributed by atoms with Crippen LogP contribution in [0.3, 0.4) is 0 Å². The van der Waals surface area contributed by atoms with Crippen molar-refractivity contribution in [3.8, 4) is 0 Å². The number of nitrogens with zero attached hydrogens (tertiary/aromatic N) is 2. The van der Waals surface area contributed by atoms with E-state index < -0.39 is 17.5 Å². The van der Waals surface area contributed by atoms with Gasteiger partial charge in [0.05, 0.1) is 0 Å². The van der Waals surface area contributed by atoms with E-state index in [2.05, 4.69) is 22.1 Å². The molecule has 1 aliphatic rings. The van der Waals surface area contributed by atoms with Crippen molar-refractivity contribution in [1.29, 1.82) is 0 Å². The highest BCUT2D eigenvalue weighted by Crippen LogP contribution is 2.25. The van der Waals surface area contributed by atoms with E-state index in [-0.39, 0.29) is 12.5 Å². The van der Waals surface area contributed by atoms with E-state index in [1.165, 1.54) is 0 Å². The third-order valence-electron chi connectivity index (χ3n) is 5.15. The maximum absolute atomic E-state index is 12.6. The highest BCUT2D eigenvalue weighted by atomic mass is 16.2. The molecule has 1 aromatic carbocycles. The second-order valence-corrected chi connectivity index (χ2v) is 6.53. The molecule has 2 N–H and O–H groups in total. The van der Waals surface area contributed by atoms with Gasteiger partial charge in [-0.3, -0.25) is 14.5 Å². The van der Waals surface area contributed by atoms with E-state index in [1.807, 2.05) is 44.3 Å². The number of amides is 4. The van der Waals surface area contributed by atoms with Gasteiger partial charge in [0, 0.05) is 29.3 Å². The Kier molecular flexibility index (Phi) is 4.71. The standard InChI is InChI=1S/C19H24N4O3/c1-4-19(5-2)17(25)23(18(26)21-19)12-16(24)20-14-7-8-15-13(11-14)9-10-22(15)6-3/h7-11H,4-6,12H2,1-3H3,(H,20,24)(H,21,26). The summed E-state index contributed by atoms with van der Waals surface area (Å²) in [6.07, 6.45) is 2.99. The Morgan fingerprint density at radius 2 is 1.88 bits per heavy atom. The van der Waals surface area contributed by atoms with E-state index in [0.717, 1.165) is 22.3 Å². The normalized spacial score (nSPS) is 16.2. The molecule has 1 aliphatic heterocycles. The summed E-state index contributed by atoms with van der Waals surface area (Å²) >= 11 is 0. The number of imide groups is 1. The average molecular weight is 356 g/mol. The molecule has 0 aliphatic carbocycles. The Morgan fingerprint density at radius 3 is 2.50 bits per heavy atom. The molecular formula is C19H24N4O3. The largest absolute Gasteiger partial charge is 0.348 e. The number of urea groups is 1. The molecule has 0 radical (unpaired) electrons. The molecule has 0 spiro atoms. The van der Waals surface area contributed by atoms with Crippen molar-refractivity contribution in [3.63, 3.8) is 0 Å². The highest BCUT2D eigenvalue weighted by molar-refractivity contribution is 6.10. The van der Waals surface area contributed by atoms with Crippen LogP contribution in [0.15, 0.2) is 30.5 Å². The minimum atomic E-state index is -0.890. The van der Waals surface area contributed by atoms with Gasteiger partial charge in [-0.25, -0.2) is 4.79 Å². The zero-order valence-corrected chi connectivity index (χ0v) is 15.3. The van der Waals surface area contributed by atoms with Crippen LogP contribution in [-0.2, 0) is 16.1 Å². The fraction of sp³-hybridized carbons (Fsp3) is 0.421. The quantitative estimate of drug-likeness (QED) is 0.781. The molecule has 0 unspecified atom stereocenters. The number of hydrogen-bond donors (Lipinski definition) is 2. The Labute approximate surface area is 152 Å². The number of carbonyl (C=O) groups excluding carboxylic acids is 3. The topological polar surface area (TPSA) is 83.4 Å². The molecule has 7 nitrogen and oxygen atoms in total. The number of benzene rings is 1. The Hall–Kier alpha value is -2.83. The number of hydrogen-bond acceptors (Lipinski definition) is 3. The zero-order chi connectivity index (χ0) is 18.9. The molecule has 7 heteroatoms. The summed E-state index contributed by atoms with van der Waals surface area (Å²) in [5.41, 5.74) is 0.843. The summed E-state index contributed by atoms with van der Waals surface area (Å²) in [6.45, 7) is 6.35. The van der Waals surface area contributed by atoms with Crippen molar-refractivity contribution in [2.24, 2.45) is 0 Å². The van der Waals surface area contributed by atoms with Crippen molar-refractivity contribution in [3.05, 3.63) is 30.5 Å². The second-order valence-electron chi connectivity index (χ2n) is 6.53. The molecule has 26 heavy (non-hydrogen) atoms. The minimum absolute atomic E-state index is 0.291. The van der Waals surface area contributed by atoms with Crippen LogP contribution >= 0.6 is 0 Å². The number of aryl methyl sites for hydroxylation is 1.